The van der Waals surface area contributed by atoms with Crippen LogP contribution < -0.4 is 10.9 Å². The van der Waals surface area contributed by atoms with E-state index in [4.69, 9.17) is 16.3 Å². The number of carbonyl (C=O) groups is 2. The summed E-state index contributed by atoms with van der Waals surface area (Å²) in [5, 5.41) is 2.35. The second-order valence-corrected chi connectivity index (χ2v) is 8.51. The topological polar surface area (TPSA) is 90.3 Å². The number of fused-ring (bicyclic) bond motifs is 1. The van der Waals surface area contributed by atoms with Crippen molar-refractivity contribution >= 4 is 50.7 Å². The minimum absolute atomic E-state index is 0.0886. The quantitative estimate of drug-likeness (QED) is 0.529. The molecular weight excluding hydrogens is 471 g/mol. The lowest BCUT2D eigenvalue weighted by Crippen LogP contribution is -2.28. The number of nitrogens with one attached hydrogen (secondary N) is 1. The number of benzene rings is 1. The van der Waals surface area contributed by atoms with Gasteiger partial charge in [0.25, 0.3) is 5.56 Å². The van der Waals surface area contributed by atoms with Crippen molar-refractivity contribution in [2.75, 3.05) is 5.32 Å². The second-order valence-electron chi connectivity index (χ2n) is 7.11. The predicted octanol–water partition coefficient (Wildman–Crippen LogP) is 4.64. The fourth-order valence-corrected chi connectivity index (χ4v) is 4.06. The molecule has 0 unspecified atom stereocenters. The van der Waals surface area contributed by atoms with Crippen LogP contribution in [-0.2, 0) is 22.3 Å². The number of thiophene rings is 1. The van der Waals surface area contributed by atoms with Crippen molar-refractivity contribution in [1.29, 1.82) is 0 Å². The first-order valence-corrected chi connectivity index (χ1v) is 10.4. The molecule has 0 atom stereocenters. The van der Waals surface area contributed by atoms with E-state index in [9.17, 15) is 27.6 Å². The van der Waals surface area contributed by atoms with Gasteiger partial charge in [-0.2, -0.15) is 13.2 Å². The number of rotatable bonds is 5. The third-order valence-electron chi connectivity index (χ3n) is 4.33. The molecule has 2 heterocycles. The Balaban J connectivity index is 1.87. The molecule has 0 radical (unpaired) electrons. The SMILES string of the molecule is Cc1c(C(=O)OC(C)C)sc2ncn(CC(=O)Nc3cc(C(F)(F)F)ccc3Cl)c(=O)c12. The first kappa shape index (κ1) is 23.7. The van der Waals surface area contributed by atoms with Crippen LogP contribution in [0, 0.1) is 6.92 Å². The fourth-order valence-electron chi connectivity index (χ4n) is 2.88. The van der Waals surface area contributed by atoms with Gasteiger partial charge in [-0.25, -0.2) is 9.78 Å². The minimum atomic E-state index is -4.61. The maximum atomic E-state index is 12.9. The largest absolute Gasteiger partial charge is 0.459 e. The third kappa shape index (κ3) is 4.94. The molecule has 3 aromatic rings. The average molecular weight is 488 g/mol. The third-order valence-corrected chi connectivity index (χ3v) is 5.84. The maximum Gasteiger partial charge on any atom is 0.416 e. The Labute approximate surface area is 188 Å². The average Bonchev–Trinajstić information content (AvgIpc) is 3.02. The van der Waals surface area contributed by atoms with Crippen LogP contribution >= 0.6 is 22.9 Å². The van der Waals surface area contributed by atoms with E-state index in [2.05, 4.69) is 10.3 Å². The van der Waals surface area contributed by atoms with E-state index in [1.165, 1.54) is 0 Å². The molecule has 3 rings (SSSR count). The number of carbonyl (C=O) groups excluding carboxylic acids is 2. The van der Waals surface area contributed by atoms with Gasteiger partial charge in [-0.15, -0.1) is 11.3 Å². The molecule has 0 fully saturated rings. The van der Waals surface area contributed by atoms with Gasteiger partial charge < -0.3 is 10.1 Å². The van der Waals surface area contributed by atoms with Gasteiger partial charge in [-0.3, -0.25) is 14.2 Å². The van der Waals surface area contributed by atoms with Crippen LogP contribution in [0.5, 0.6) is 0 Å². The molecule has 0 saturated carbocycles. The number of hydrogen-bond acceptors (Lipinski definition) is 6. The van der Waals surface area contributed by atoms with Gasteiger partial charge in [0.05, 0.1) is 34.1 Å². The van der Waals surface area contributed by atoms with Crippen molar-refractivity contribution in [2.45, 2.75) is 39.6 Å². The molecule has 0 aliphatic rings. The molecule has 32 heavy (non-hydrogen) atoms. The number of ether oxygens (including phenoxy) is 1. The summed E-state index contributed by atoms with van der Waals surface area (Å²) in [6.45, 7) is 4.45. The highest BCUT2D eigenvalue weighted by Crippen LogP contribution is 2.34. The van der Waals surface area contributed by atoms with Crippen LogP contribution in [0.1, 0.15) is 34.6 Å². The van der Waals surface area contributed by atoms with Gasteiger partial charge in [0.2, 0.25) is 5.91 Å². The number of anilines is 1. The first-order chi connectivity index (χ1) is 14.9. The number of aryl methyl sites for hydroxylation is 1. The molecule has 0 aliphatic carbocycles. The molecular formula is C20H17ClF3N3O4S. The molecule has 1 aromatic carbocycles. The molecule has 1 amide bonds. The van der Waals surface area contributed by atoms with Crippen molar-refractivity contribution in [1.82, 2.24) is 9.55 Å². The maximum absolute atomic E-state index is 12.9. The zero-order chi connectivity index (χ0) is 23.8. The molecule has 1 N–H and O–H groups in total. The number of esters is 1. The highest BCUT2D eigenvalue weighted by molar-refractivity contribution is 7.20. The Hall–Kier alpha value is -2.92. The summed E-state index contributed by atoms with van der Waals surface area (Å²) < 4.78 is 44.9. The van der Waals surface area contributed by atoms with E-state index >= 15 is 0 Å². The Morgan fingerprint density at radius 3 is 2.62 bits per heavy atom. The minimum Gasteiger partial charge on any atom is -0.459 e. The van der Waals surface area contributed by atoms with Crippen LogP contribution in [0.4, 0.5) is 18.9 Å². The van der Waals surface area contributed by atoms with Gasteiger partial charge in [0.1, 0.15) is 16.3 Å². The summed E-state index contributed by atoms with van der Waals surface area (Å²) in [7, 11) is 0. The van der Waals surface area contributed by atoms with Crippen molar-refractivity contribution in [2.24, 2.45) is 0 Å². The van der Waals surface area contributed by atoms with E-state index in [0.29, 0.717) is 16.5 Å². The number of halogens is 4. The van der Waals surface area contributed by atoms with Crippen LogP contribution in [0.3, 0.4) is 0 Å². The molecule has 7 nitrogen and oxygen atoms in total. The fraction of sp³-hybridized carbons (Fsp3) is 0.300. The zero-order valence-electron chi connectivity index (χ0n) is 17.0. The van der Waals surface area contributed by atoms with Crippen LogP contribution in [-0.4, -0.2) is 27.5 Å². The van der Waals surface area contributed by atoms with Gasteiger partial charge in [-0.05, 0) is 44.5 Å². The van der Waals surface area contributed by atoms with E-state index in [-0.39, 0.29) is 27.1 Å². The number of amides is 1. The smallest absolute Gasteiger partial charge is 0.416 e. The lowest BCUT2D eigenvalue weighted by molar-refractivity contribution is -0.137. The van der Waals surface area contributed by atoms with Crippen molar-refractivity contribution in [3.8, 4) is 0 Å². The van der Waals surface area contributed by atoms with Crippen LogP contribution in [0.2, 0.25) is 5.02 Å². The number of alkyl halides is 3. The predicted molar refractivity (Wildman–Crippen MR) is 114 cm³/mol. The molecule has 0 saturated heterocycles. The molecule has 0 aliphatic heterocycles. The van der Waals surface area contributed by atoms with E-state index in [1.54, 1.807) is 20.8 Å². The summed E-state index contributed by atoms with van der Waals surface area (Å²) >= 11 is 6.89. The molecule has 2 aromatic heterocycles. The van der Waals surface area contributed by atoms with Crippen molar-refractivity contribution in [3.05, 3.63) is 55.9 Å². The summed E-state index contributed by atoms with van der Waals surface area (Å²) in [5.41, 5.74) is -1.41. The monoisotopic (exact) mass is 487 g/mol. The molecule has 0 spiro atoms. The highest BCUT2D eigenvalue weighted by Gasteiger charge is 2.31. The number of nitrogens with zero attached hydrogens (tertiary/aromatic N) is 2. The number of hydrogen-bond donors (Lipinski definition) is 1. The molecule has 0 bridgehead atoms. The standard InChI is InChI=1S/C20H17ClF3N3O4S/c1-9(2)31-19(30)16-10(3)15-17(32-16)25-8-27(18(15)29)7-14(28)26-13-6-11(20(22,23)24)4-5-12(13)21/h4-6,8-9H,7H2,1-3H3,(H,26,28). The van der Waals surface area contributed by atoms with Crippen molar-refractivity contribution in [3.63, 3.8) is 0 Å². The summed E-state index contributed by atoms with van der Waals surface area (Å²) in [5.74, 6) is -1.36. The Kier molecular flexibility index (Phi) is 6.61. The van der Waals surface area contributed by atoms with E-state index in [1.807, 2.05) is 0 Å². The molecule has 12 heteroatoms. The summed E-state index contributed by atoms with van der Waals surface area (Å²) in [4.78, 5) is 42.2. The summed E-state index contributed by atoms with van der Waals surface area (Å²) in [6.07, 6.45) is -3.82. The van der Waals surface area contributed by atoms with Crippen LogP contribution in [0.15, 0.2) is 29.3 Å². The molecule has 170 valence electrons. The lowest BCUT2D eigenvalue weighted by Gasteiger charge is -2.12. The van der Waals surface area contributed by atoms with E-state index in [0.717, 1.165) is 34.4 Å². The first-order valence-electron chi connectivity index (χ1n) is 9.24. The zero-order valence-corrected chi connectivity index (χ0v) is 18.6. The normalized spacial score (nSPS) is 11.8. The Morgan fingerprint density at radius 1 is 1.31 bits per heavy atom. The summed E-state index contributed by atoms with van der Waals surface area (Å²) in [6, 6.07) is 2.52. The van der Waals surface area contributed by atoms with Gasteiger partial charge in [-0.1, -0.05) is 11.6 Å². The Bertz CT molecular complexity index is 1270. The van der Waals surface area contributed by atoms with Crippen LogP contribution in [0.25, 0.3) is 10.2 Å². The second kappa shape index (κ2) is 8.91. The van der Waals surface area contributed by atoms with Gasteiger partial charge in [0, 0.05) is 0 Å². The van der Waals surface area contributed by atoms with Gasteiger partial charge in [0.15, 0.2) is 0 Å². The Morgan fingerprint density at radius 2 is 2.00 bits per heavy atom. The van der Waals surface area contributed by atoms with Gasteiger partial charge >= 0.3 is 12.1 Å². The van der Waals surface area contributed by atoms with E-state index < -0.39 is 35.7 Å². The van der Waals surface area contributed by atoms with Crippen molar-refractivity contribution < 1.29 is 27.5 Å². The highest BCUT2D eigenvalue weighted by atomic mass is 35.5. The number of aromatic nitrogens is 2. The lowest BCUT2D eigenvalue weighted by atomic mass is 10.2.